The molecule has 1 N–H and O–H groups in total. The van der Waals surface area contributed by atoms with Crippen molar-refractivity contribution in [3.05, 3.63) is 77.6 Å². The molecule has 2 aromatic heterocycles. The molecule has 2 aromatic carbocycles. The Morgan fingerprint density at radius 1 is 1.12 bits per heavy atom. The summed E-state index contributed by atoms with van der Waals surface area (Å²) >= 11 is 0. The molecule has 0 unspecified atom stereocenters. The molecule has 0 saturated heterocycles. The zero-order chi connectivity index (χ0) is 23.4. The molecular formula is C25H24N4O4. The SMILES string of the molecule is CCOC(=O)c1cnn2c(-c3cccc(NC(=O)Cc4ccc(OC)c(C)c4)c3)ccnc12. The minimum absolute atomic E-state index is 0.125. The second-order valence-electron chi connectivity index (χ2n) is 7.45. The first kappa shape index (κ1) is 22.0. The number of hydrogen-bond acceptors (Lipinski definition) is 6. The van der Waals surface area contributed by atoms with E-state index in [9.17, 15) is 9.59 Å². The quantitative estimate of drug-likeness (QED) is 0.432. The van der Waals surface area contributed by atoms with E-state index in [1.54, 1.807) is 30.8 Å². The third kappa shape index (κ3) is 4.69. The lowest BCUT2D eigenvalue weighted by molar-refractivity contribution is -0.115. The van der Waals surface area contributed by atoms with Crippen molar-refractivity contribution in [2.45, 2.75) is 20.3 Å². The number of hydrogen-bond donors (Lipinski definition) is 1. The van der Waals surface area contributed by atoms with Gasteiger partial charge in [0.2, 0.25) is 5.91 Å². The van der Waals surface area contributed by atoms with Crippen LogP contribution in [0, 0.1) is 6.92 Å². The Morgan fingerprint density at radius 2 is 1.97 bits per heavy atom. The molecule has 0 aliphatic rings. The Balaban J connectivity index is 1.56. The van der Waals surface area contributed by atoms with E-state index in [-0.39, 0.29) is 18.9 Å². The molecule has 2 heterocycles. The number of anilines is 1. The zero-order valence-corrected chi connectivity index (χ0v) is 18.7. The summed E-state index contributed by atoms with van der Waals surface area (Å²) in [6, 6.07) is 14.9. The second-order valence-corrected chi connectivity index (χ2v) is 7.45. The Kier molecular flexibility index (Phi) is 6.35. The number of fused-ring (bicyclic) bond motifs is 1. The summed E-state index contributed by atoms with van der Waals surface area (Å²) in [5.41, 5.74) is 4.81. The van der Waals surface area contributed by atoms with Gasteiger partial charge in [-0.3, -0.25) is 4.79 Å². The first-order valence-corrected chi connectivity index (χ1v) is 10.5. The van der Waals surface area contributed by atoms with Crippen molar-refractivity contribution >= 4 is 23.2 Å². The van der Waals surface area contributed by atoms with Gasteiger partial charge < -0.3 is 14.8 Å². The molecule has 0 aliphatic heterocycles. The van der Waals surface area contributed by atoms with Crippen LogP contribution in [0.1, 0.15) is 28.4 Å². The van der Waals surface area contributed by atoms with E-state index in [1.165, 1.54) is 6.20 Å². The molecule has 33 heavy (non-hydrogen) atoms. The van der Waals surface area contributed by atoms with Crippen LogP contribution < -0.4 is 10.1 Å². The number of nitrogens with one attached hydrogen (secondary N) is 1. The predicted octanol–water partition coefficient (Wildman–Crippen LogP) is 4.07. The van der Waals surface area contributed by atoms with Crippen molar-refractivity contribution in [2.75, 3.05) is 19.0 Å². The molecule has 0 saturated carbocycles. The summed E-state index contributed by atoms with van der Waals surface area (Å²) in [7, 11) is 1.62. The third-order valence-electron chi connectivity index (χ3n) is 5.16. The number of esters is 1. The van der Waals surface area contributed by atoms with E-state index >= 15 is 0 Å². The van der Waals surface area contributed by atoms with Crippen molar-refractivity contribution in [3.63, 3.8) is 0 Å². The number of nitrogens with zero attached hydrogens (tertiary/aromatic N) is 3. The van der Waals surface area contributed by atoms with E-state index in [1.807, 2.05) is 49.4 Å². The average molecular weight is 444 g/mol. The average Bonchev–Trinajstić information content (AvgIpc) is 3.24. The van der Waals surface area contributed by atoms with Gasteiger partial charge in [0, 0.05) is 17.4 Å². The molecule has 4 aromatic rings. The van der Waals surface area contributed by atoms with Crippen LogP contribution in [0.15, 0.2) is 60.9 Å². The van der Waals surface area contributed by atoms with Crippen molar-refractivity contribution in [1.29, 1.82) is 0 Å². The number of carbonyl (C=O) groups excluding carboxylic acids is 2. The number of amides is 1. The third-order valence-corrected chi connectivity index (χ3v) is 5.16. The van der Waals surface area contributed by atoms with Gasteiger partial charge in [-0.15, -0.1) is 0 Å². The summed E-state index contributed by atoms with van der Waals surface area (Å²) in [6.07, 6.45) is 3.31. The lowest BCUT2D eigenvalue weighted by Crippen LogP contribution is -2.14. The van der Waals surface area contributed by atoms with Gasteiger partial charge in [0.25, 0.3) is 0 Å². The number of carbonyl (C=O) groups is 2. The van der Waals surface area contributed by atoms with Crippen molar-refractivity contribution in [1.82, 2.24) is 14.6 Å². The summed E-state index contributed by atoms with van der Waals surface area (Å²) in [6.45, 7) is 3.97. The van der Waals surface area contributed by atoms with E-state index in [0.717, 1.165) is 28.1 Å². The van der Waals surface area contributed by atoms with Crippen LogP contribution in [-0.4, -0.2) is 40.2 Å². The normalized spacial score (nSPS) is 10.8. The number of ether oxygens (including phenoxy) is 2. The number of benzene rings is 2. The highest BCUT2D eigenvalue weighted by molar-refractivity contribution is 5.96. The fourth-order valence-electron chi connectivity index (χ4n) is 3.66. The highest BCUT2D eigenvalue weighted by atomic mass is 16.5. The van der Waals surface area contributed by atoms with Crippen LogP contribution in [-0.2, 0) is 16.0 Å². The first-order chi connectivity index (χ1) is 16.0. The van der Waals surface area contributed by atoms with Gasteiger partial charge in [0.05, 0.1) is 32.0 Å². The van der Waals surface area contributed by atoms with E-state index in [2.05, 4.69) is 15.4 Å². The zero-order valence-electron chi connectivity index (χ0n) is 18.7. The van der Waals surface area contributed by atoms with E-state index < -0.39 is 5.97 Å². The molecule has 1 amide bonds. The Bertz CT molecular complexity index is 1330. The molecule has 8 nitrogen and oxygen atoms in total. The first-order valence-electron chi connectivity index (χ1n) is 10.5. The van der Waals surface area contributed by atoms with Gasteiger partial charge in [0.15, 0.2) is 5.65 Å². The molecule has 0 atom stereocenters. The second kappa shape index (κ2) is 9.52. The summed E-state index contributed by atoms with van der Waals surface area (Å²) in [5.74, 6) is 0.201. The Morgan fingerprint density at radius 3 is 2.73 bits per heavy atom. The summed E-state index contributed by atoms with van der Waals surface area (Å²) < 4.78 is 12.0. The fraction of sp³-hybridized carbons (Fsp3) is 0.200. The Hall–Kier alpha value is -4.20. The van der Waals surface area contributed by atoms with Gasteiger partial charge in [-0.1, -0.05) is 24.3 Å². The number of rotatable bonds is 7. The highest BCUT2D eigenvalue weighted by Gasteiger charge is 2.17. The number of aromatic nitrogens is 3. The van der Waals surface area contributed by atoms with Crippen LogP contribution in [0.5, 0.6) is 5.75 Å². The largest absolute Gasteiger partial charge is 0.496 e. The molecule has 0 radical (unpaired) electrons. The number of aryl methyl sites for hydroxylation is 1. The molecule has 168 valence electrons. The van der Waals surface area contributed by atoms with Gasteiger partial charge >= 0.3 is 5.97 Å². The lowest BCUT2D eigenvalue weighted by Gasteiger charge is -2.10. The van der Waals surface area contributed by atoms with Gasteiger partial charge in [-0.2, -0.15) is 5.10 Å². The molecule has 4 rings (SSSR count). The molecule has 0 aliphatic carbocycles. The predicted molar refractivity (Wildman–Crippen MR) is 124 cm³/mol. The van der Waals surface area contributed by atoms with E-state index in [4.69, 9.17) is 9.47 Å². The van der Waals surface area contributed by atoms with Gasteiger partial charge in [-0.05, 0) is 49.2 Å². The van der Waals surface area contributed by atoms with Crippen LogP contribution in [0.25, 0.3) is 16.9 Å². The molecule has 0 spiro atoms. The Labute approximate surface area is 191 Å². The maximum atomic E-state index is 12.6. The standard InChI is InChI=1S/C25H24N4O4/c1-4-33-25(31)20-15-27-29-21(10-11-26-24(20)29)18-6-5-7-19(14-18)28-23(30)13-17-8-9-22(32-3)16(2)12-17/h5-12,14-15H,4,13H2,1-3H3,(H,28,30). The smallest absolute Gasteiger partial charge is 0.343 e. The fourth-order valence-corrected chi connectivity index (χ4v) is 3.66. The van der Waals surface area contributed by atoms with Crippen molar-refractivity contribution < 1.29 is 19.1 Å². The molecule has 0 fully saturated rings. The van der Waals surface area contributed by atoms with Gasteiger partial charge in [-0.25, -0.2) is 14.3 Å². The maximum Gasteiger partial charge on any atom is 0.343 e. The van der Waals surface area contributed by atoms with E-state index in [0.29, 0.717) is 16.9 Å². The van der Waals surface area contributed by atoms with Crippen LogP contribution >= 0.6 is 0 Å². The van der Waals surface area contributed by atoms with Crippen molar-refractivity contribution in [3.8, 4) is 17.0 Å². The summed E-state index contributed by atoms with van der Waals surface area (Å²) in [4.78, 5) is 29.1. The minimum Gasteiger partial charge on any atom is -0.496 e. The molecular weight excluding hydrogens is 420 g/mol. The molecule has 0 bridgehead atoms. The topological polar surface area (TPSA) is 94.8 Å². The van der Waals surface area contributed by atoms with Gasteiger partial charge in [0.1, 0.15) is 11.3 Å². The number of methoxy groups -OCH3 is 1. The van der Waals surface area contributed by atoms with Crippen molar-refractivity contribution in [2.24, 2.45) is 0 Å². The van der Waals surface area contributed by atoms with Crippen LogP contribution in [0.2, 0.25) is 0 Å². The lowest BCUT2D eigenvalue weighted by atomic mass is 10.1. The minimum atomic E-state index is -0.466. The van der Waals surface area contributed by atoms with Crippen LogP contribution in [0.4, 0.5) is 5.69 Å². The highest BCUT2D eigenvalue weighted by Crippen LogP contribution is 2.24. The van der Waals surface area contributed by atoms with Crippen LogP contribution in [0.3, 0.4) is 0 Å². The maximum absolute atomic E-state index is 12.6. The summed E-state index contributed by atoms with van der Waals surface area (Å²) in [5, 5.41) is 7.27. The monoisotopic (exact) mass is 444 g/mol. The molecule has 8 heteroatoms.